The maximum atomic E-state index is 12.5. The standard InChI is InChI=1S/C25H25N3O2/c1-3-9-23(19-11-5-4-6-12-19)27-28-24(29)20-14-16-21(17-15-20)26-25(30)22-13-8-7-10-18(22)2/h4-8,10-17H,3,9H2,1-2H3,(H,26,30)(H,28,29). The van der Waals surface area contributed by atoms with Gasteiger partial charge in [-0.25, -0.2) is 5.43 Å². The van der Waals surface area contributed by atoms with Gasteiger partial charge in [-0.3, -0.25) is 9.59 Å². The lowest BCUT2D eigenvalue weighted by molar-refractivity contribution is 0.0954. The molecule has 3 rings (SSSR count). The lowest BCUT2D eigenvalue weighted by Gasteiger charge is -2.09. The maximum Gasteiger partial charge on any atom is 0.271 e. The normalized spacial score (nSPS) is 11.1. The van der Waals surface area contributed by atoms with Crippen LogP contribution in [0.1, 0.15) is 51.6 Å². The Bertz CT molecular complexity index is 1040. The third-order valence-electron chi connectivity index (χ3n) is 4.68. The minimum absolute atomic E-state index is 0.179. The quantitative estimate of drug-likeness (QED) is 0.424. The average Bonchev–Trinajstić information content (AvgIpc) is 2.77. The first-order valence-corrected chi connectivity index (χ1v) is 9.98. The Kier molecular flexibility index (Phi) is 7.11. The number of carbonyl (C=O) groups is 2. The highest BCUT2D eigenvalue weighted by atomic mass is 16.2. The molecule has 2 amide bonds. The lowest BCUT2D eigenvalue weighted by Crippen LogP contribution is -2.20. The van der Waals surface area contributed by atoms with E-state index < -0.39 is 0 Å². The SMILES string of the molecule is CCCC(=NNC(=O)c1ccc(NC(=O)c2ccccc2C)cc1)c1ccccc1. The van der Waals surface area contributed by atoms with E-state index in [0.29, 0.717) is 16.8 Å². The number of rotatable bonds is 7. The second-order valence-electron chi connectivity index (χ2n) is 6.96. The first-order chi connectivity index (χ1) is 14.6. The molecule has 0 heterocycles. The summed E-state index contributed by atoms with van der Waals surface area (Å²) in [7, 11) is 0. The number of carbonyl (C=O) groups excluding carboxylic acids is 2. The summed E-state index contributed by atoms with van der Waals surface area (Å²) in [5.41, 5.74) is 7.10. The van der Waals surface area contributed by atoms with Crippen molar-refractivity contribution >= 4 is 23.2 Å². The van der Waals surface area contributed by atoms with E-state index in [9.17, 15) is 9.59 Å². The average molecular weight is 399 g/mol. The Labute approximate surface area is 176 Å². The number of hydrazone groups is 1. The van der Waals surface area contributed by atoms with Crippen molar-refractivity contribution in [3.05, 3.63) is 101 Å². The van der Waals surface area contributed by atoms with E-state index in [-0.39, 0.29) is 11.8 Å². The Morgan fingerprint density at radius 1 is 0.800 bits per heavy atom. The van der Waals surface area contributed by atoms with Gasteiger partial charge < -0.3 is 5.32 Å². The fourth-order valence-corrected chi connectivity index (χ4v) is 3.05. The van der Waals surface area contributed by atoms with Crippen molar-refractivity contribution in [2.45, 2.75) is 26.7 Å². The number of amides is 2. The van der Waals surface area contributed by atoms with Crippen molar-refractivity contribution in [1.82, 2.24) is 5.43 Å². The third-order valence-corrected chi connectivity index (χ3v) is 4.68. The fourth-order valence-electron chi connectivity index (χ4n) is 3.05. The molecule has 0 fully saturated rings. The zero-order chi connectivity index (χ0) is 21.3. The lowest BCUT2D eigenvalue weighted by atomic mass is 10.1. The highest BCUT2D eigenvalue weighted by Gasteiger charge is 2.10. The van der Waals surface area contributed by atoms with E-state index in [1.165, 1.54) is 0 Å². The molecule has 0 aliphatic rings. The topological polar surface area (TPSA) is 70.6 Å². The van der Waals surface area contributed by atoms with E-state index in [2.05, 4.69) is 22.8 Å². The van der Waals surface area contributed by atoms with Crippen LogP contribution in [-0.4, -0.2) is 17.5 Å². The number of benzene rings is 3. The number of aryl methyl sites for hydroxylation is 1. The highest BCUT2D eigenvalue weighted by molar-refractivity contribution is 6.05. The van der Waals surface area contributed by atoms with E-state index >= 15 is 0 Å². The molecule has 2 N–H and O–H groups in total. The van der Waals surface area contributed by atoms with Gasteiger partial charge in [0.05, 0.1) is 5.71 Å². The van der Waals surface area contributed by atoms with Crippen molar-refractivity contribution in [3.63, 3.8) is 0 Å². The molecule has 0 atom stereocenters. The minimum atomic E-state index is -0.295. The van der Waals surface area contributed by atoms with Crippen molar-refractivity contribution in [2.24, 2.45) is 5.10 Å². The molecule has 0 bridgehead atoms. The second kappa shape index (κ2) is 10.2. The van der Waals surface area contributed by atoms with E-state index in [1.807, 2.05) is 55.5 Å². The van der Waals surface area contributed by atoms with Crippen LogP contribution in [0.25, 0.3) is 0 Å². The number of hydrogen-bond acceptors (Lipinski definition) is 3. The molecule has 3 aromatic carbocycles. The molecular formula is C25H25N3O2. The van der Waals surface area contributed by atoms with Crippen LogP contribution in [0.4, 0.5) is 5.69 Å². The zero-order valence-corrected chi connectivity index (χ0v) is 17.2. The molecular weight excluding hydrogens is 374 g/mol. The van der Waals surface area contributed by atoms with Crippen LogP contribution in [0, 0.1) is 6.92 Å². The van der Waals surface area contributed by atoms with Crippen LogP contribution in [0.3, 0.4) is 0 Å². The molecule has 0 aliphatic carbocycles. The van der Waals surface area contributed by atoms with Crippen LogP contribution in [0.2, 0.25) is 0 Å². The van der Waals surface area contributed by atoms with Gasteiger partial charge in [0, 0.05) is 16.8 Å². The van der Waals surface area contributed by atoms with Gasteiger partial charge in [0.2, 0.25) is 0 Å². The second-order valence-corrected chi connectivity index (χ2v) is 6.96. The monoisotopic (exact) mass is 399 g/mol. The predicted octanol–water partition coefficient (Wildman–Crippen LogP) is 5.18. The summed E-state index contributed by atoms with van der Waals surface area (Å²) >= 11 is 0. The number of nitrogens with zero attached hydrogens (tertiary/aromatic N) is 1. The Balaban J connectivity index is 1.66. The Morgan fingerprint density at radius 3 is 2.13 bits per heavy atom. The summed E-state index contributed by atoms with van der Waals surface area (Å²) in [6.07, 6.45) is 1.70. The molecule has 152 valence electrons. The molecule has 5 nitrogen and oxygen atoms in total. The van der Waals surface area contributed by atoms with Crippen molar-refractivity contribution in [1.29, 1.82) is 0 Å². The van der Waals surface area contributed by atoms with E-state index in [0.717, 1.165) is 29.7 Å². The van der Waals surface area contributed by atoms with Crippen LogP contribution >= 0.6 is 0 Å². The summed E-state index contributed by atoms with van der Waals surface area (Å²) < 4.78 is 0. The molecule has 0 aromatic heterocycles. The van der Waals surface area contributed by atoms with Crippen LogP contribution < -0.4 is 10.7 Å². The van der Waals surface area contributed by atoms with Gasteiger partial charge in [0.1, 0.15) is 0 Å². The Morgan fingerprint density at radius 2 is 1.47 bits per heavy atom. The number of hydrogen-bond donors (Lipinski definition) is 2. The number of nitrogens with one attached hydrogen (secondary N) is 2. The van der Waals surface area contributed by atoms with Gasteiger partial charge in [0.25, 0.3) is 11.8 Å². The molecule has 0 saturated heterocycles. The van der Waals surface area contributed by atoms with Gasteiger partial charge in [-0.2, -0.15) is 5.10 Å². The molecule has 0 aliphatic heterocycles. The summed E-state index contributed by atoms with van der Waals surface area (Å²) in [5, 5.41) is 7.18. The van der Waals surface area contributed by atoms with Crippen LogP contribution in [0.5, 0.6) is 0 Å². The van der Waals surface area contributed by atoms with E-state index in [4.69, 9.17) is 0 Å². The predicted molar refractivity (Wildman–Crippen MR) is 121 cm³/mol. The summed E-state index contributed by atoms with van der Waals surface area (Å²) in [5.74, 6) is -0.474. The largest absolute Gasteiger partial charge is 0.322 e. The van der Waals surface area contributed by atoms with Gasteiger partial charge in [-0.1, -0.05) is 61.9 Å². The van der Waals surface area contributed by atoms with Gasteiger partial charge in [-0.05, 0) is 54.8 Å². The minimum Gasteiger partial charge on any atom is -0.322 e. The molecule has 0 radical (unpaired) electrons. The molecule has 30 heavy (non-hydrogen) atoms. The van der Waals surface area contributed by atoms with Crippen molar-refractivity contribution < 1.29 is 9.59 Å². The van der Waals surface area contributed by atoms with Gasteiger partial charge in [0.15, 0.2) is 0 Å². The Hall–Kier alpha value is -3.73. The summed E-state index contributed by atoms with van der Waals surface area (Å²) in [6.45, 7) is 3.97. The first kappa shape index (κ1) is 21.0. The smallest absolute Gasteiger partial charge is 0.271 e. The molecule has 3 aromatic rings. The molecule has 5 heteroatoms. The number of anilines is 1. The fraction of sp³-hybridized carbons (Fsp3) is 0.160. The van der Waals surface area contributed by atoms with Gasteiger partial charge >= 0.3 is 0 Å². The van der Waals surface area contributed by atoms with Gasteiger partial charge in [-0.15, -0.1) is 0 Å². The third kappa shape index (κ3) is 5.41. The zero-order valence-electron chi connectivity index (χ0n) is 17.2. The highest BCUT2D eigenvalue weighted by Crippen LogP contribution is 2.14. The molecule has 0 unspecified atom stereocenters. The van der Waals surface area contributed by atoms with E-state index in [1.54, 1.807) is 30.3 Å². The van der Waals surface area contributed by atoms with Crippen molar-refractivity contribution in [2.75, 3.05) is 5.32 Å². The van der Waals surface area contributed by atoms with Crippen LogP contribution in [0.15, 0.2) is 84.0 Å². The maximum absolute atomic E-state index is 12.5. The van der Waals surface area contributed by atoms with Crippen LogP contribution in [-0.2, 0) is 0 Å². The summed E-state index contributed by atoms with van der Waals surface area (Å²) in [4.78, 5) is 24.9. The van der Waals surface area contributed by atoms with Crippen molar-refractivity contribution in [3.8, 4) is 0 Å². The first-order valence-electron chi connectivity index (χ1n) is 9.98. The summed E-state index contributed by atoms with van der Waals surface area (Å²) in [6, 6.07) is 24.0. The molecule has 0 spiro atoms. The molecule has 0 saturated carbocycles.